The van der Waals surface area contributed by atoms with E-state index in [1.165, 1.54) is 38.7 Å². The molecule has 4 aromatic rings. The summed E-state index contributed by atoms with van der Waals surface area (Å²) in [6.07, 6.45) is 6.18. The number of esters is 1. The van der Waals surface area contributed by atoms with Crippen molar-refractivity contribution in [3.63, 3.8) is 0 Å². The van der Waals surface area contributed by atoms with Crippen LogP contribution in [0.4, 0.5) is 0 Å². The third-order valence-electron chi connectivity index (χ3n) is 13.3. The maximum Gasteiger partial charge on any atom is 0.324 e. The quantitative estimate of drug-likeness (QED) is 0.219. The van der Waals surface area contributed by atoms with E-state index in [1.54, 1.807) is 0 Å². The van der Waals surface area contributed by atoms with E-state index >= 15 is 0 Å². The van der Waals surface area contributed by atoms with Crippen LogP contribution in [0.3, 0.4) is 0 Å². The molecule has 5 aliphatic heterocycles. The van der Waals surface area contributed by atoms with E-state index < -0.39 is 17.5 Å². The molecule has 0 saturated carbocycles. The summed E-state index contributed by atoms with van der Waals surface area (Å²) in [5, 5.41) is 5.57. The molecule has 3 aromatic heterocycles. The van der Waals surface area contributed by atoms with Gasteiger partial charge in [-0.25, -0.2) is 10.4 Å². The van der Waals surface area contributed by atoms with Gasteiger partial charge in [0, 0.05) is 70.1 Å². The number of aryl methyl sites for hydroxylation is 1. The molecule has 13 heteroatoms. The number of hydrogen-bond donors (Lipinski definition) is 2. The first-order valence-electron chi connectivity index (χ1n) is 21.4. The number of morpholine rings is 1. The zero-order valence-corrected chi connectivity index (χ0v) is 35.6. The molecule has 8 heterocycles. The van der Waals surface area contributed by atoms with Gasteiger partial charge in [0.25, 0.3) is 5.91 Å². The summed E-state index contributed by atoms with van der Waals surface area (Å²) >= 11 is 1.54. The Labute approximate surface area is 345 Å². The normalized spacial score (nSPS) is 28.4. The summed E-state index contributed by atoms with van der Waals surface area (Å²) in [4.78, 5) is 40.4. The second kappa shape index (κ2) is 15.7. The SMILES string of the molecule is CCn1c(-c2cc([C@@H]3C[C@H]4COC[C@@H](C3)N4C3COC3)cnc2C(C)C)c2c3cc(ccc31)-c1csc(n1)[C@@H](C)[C@H](N)C(=O)N1CCC[C@H](N1)C(=O)OCC(C)(C)C2. The van der Waals surface area contributed by atoms with E-state index in [-0.39, 0.29) is 30.3 Å². The molecule has 0 unspecified atom stereocenters. The minimum atomic E-state index is -0.813. The van der Waals surface area contributed by atoms with Crippen LogP contribution in [0, 0.1) is 5.41 Å². The van der Waals surface area contributed by atoms with Crippen molar-refractivity contribution in [2.45, 2.75) is 128 Å². The van der Waals surface area contributed by atoms with Crippen LogP contribution in [0.5, 0.6) is 0 Å². The van der Waals surface area contributed by atoms with Gasteiger partial charge in [0.15, 0.2) is 0 Å². The van der Waals surface area contributed by atoms with Crippen molar-refractivity contribution in [3.8, 4) is 22.5 Å². The van der Waals surface area contributed by atoms with Crippen LogP contribution in [0.25, 0.3) is 33.4 Å². The fourth-order valence-corrected chi connectivity index (χ4v) is 11.1. The number of carbonyl (C=O) groups excluding carboxylic acids is 2. The Morgan fingerprint density at radius 1 is 1.05 bits per heavy atom. The number of aromatic nitrogens is 3. The Kier molecular flexibility index (Phi) is 10.8. The summed E-state index contributed by atoms with van der Waals surface area (Å²) < 4.78 is 20.3. The molecular formula is C45H59N7O5S. The topological polar surface area (TPSA) is 137 Å². The minimum Gasteiger partial charge on any atom is -0.464 e. The maximum atomic E-state index is 13.7. The van der Waals surface area contributed by atoms with Gasteiger partial charge in [0.05, 0.1) is 67.2 Å². The van der Waals surface area contributed by atoms with Crippen LogP contribution < -0.4 is 11.2 Å². The van der Waals surface area contributed by atoms with Gasteiger partial charge in [-0.1, -0.05) is 40.7 Å². The molecular weight excluding hydrogens is 751 g/mol. The zero-order chi connectivity index (χ0) is 40.5. The Balaban J connectivity index is 1.17. The second-order valence-electron chi connectivity index (χ2n) is 18.5. The number of hydrazine groups is 1. The summed E-state index contributed by atoms with van der Waals surface area (Å²) in [7, 11) is 0. The number of nitrogens with two attached hydrogens (primary N) is 1. The molecule has 6 atom stereocenters. The molecule has 0 aliphatic carbocycles. The molecule has 8 bridgehead atoms. The average Bonchev–Trinajstić information content (AvgIpc) is 3.80. The molecule has 1 amide bonds. The molecule has 12 nitrogen and oxygen atoms in total. The van der Waals surface area contributed by atoms with Crippen molar-refractivity contribution < 1.29 is 23.8 Å². The first-order valence-corrected chi connectivity index (χ1v) is 22.3. The highest BCUT2D eigenvalue weighted by Gasteiger charge is 2.45. The minimum absolute atomic E-state index is 0.202. The van der Waals surface area contributed by atoms with Gasteiger partial charge in [-0.3, -0.25) is 24.5 Å². The summed E-state index contributed by atoms with van der Waals surface area (Å²) in [6.45, 7) is 17.7. The number of nitrogens with one attached hydrogen (secondary N) is 1. The van der Waals surface area contributed by atoms with Gasteiger partial charge >= 0.3 is 5.97 Å². The number of piperidine rings is 1. The van der Waals surface area contributed by atoms with Crippen molar-refractivity contribution in [1.82, 2.24) is 29.9 Å². The lowest BCUT2D eigenvalue weighted by Crippen LogP contribution is -2.64. The predicted octanol–water partition coefficient (Wildman–Crippen LogP) is 6.37. The van der Waals surface area contributed by atoms with Gasteiger partial charge in [-0.15, -0.1) is 11.3 Å². The lowest BCUT2D eigenvalue weighted by atomic mass is 9.79. The summed E-state index contributed by atoms with van der Waals surface area (Å²) in [5.74, 6) is -0.315. The van der Waals surface area contributed by atoms with Crippen molar-refractivity contribution >= 4 is 34.1 Å². The number of amides is 1. The Hall–Kier alpha value is -3.72. The molecule has 4 saturated heterocycles. The third kappa shape index (κ3) is 7.19. The van der Waals surface area contributed by atoms with Crippen molar-refractivity contribution in [2.24, 2.45) is 11.1 Å². The lowest BCUT2D eigenvalue weighted by molar-refractivity contribution is -0.159. The van der Waals surface area contributed by atoms with E-state index in [2.05, 4.69) is 85.4 Å². The van der Waals surface area contributed by atoms with E-state index in [1.807, 2.05) is 6.92 Å². The molecule has 58 heavy (non-hydrogen) atoms. The second-order valence-corrected chi connectivity index (χ2v) is 19.3. The average molecular weight is 810 g/mol. The van der Waals surface area contributed by atoms with Crippen LogP contribution >= 0.6 is 11.3 Å². The monoisotopic (exact) mass is 809 g/mol. The number of nitrogens with zero attached hydrogens (tertiary/aromatic N) is 5. The molecule has 5 aliphatic rings. The Morgan fingerprint density at radius 3 is 2.50 bits per heavy atom. The summed E-state index contributed by atoms with van der Waals surface area (Å²) in [5.41, 5.74) is 18.4. The lowest BCUT2D eigenvalue weighted by Gasteiger charge is -2.53. The molecule has 3 N–H and O–H groups in total. The molecule has 1 aromatic carbocycles. The van der Waals surface area contributed by atoms with Crippen LogP contribution in [0.2, 0.25) is 0 Å². The molecule has 310 valence electrons. The fraction of sp³-hybridized carbons (Fsp3) is 0.600. The fourth-order valence-electron chi connectivity index (χ4n) is 10.2. The van der Waals surface area contributed by atoms with Crippen molar-refractivity contribution in [1.29, 1.82) is 0 Å². The van der Waals surface area contributed by atoms with Gasteiger partial charge in [-0.05, 0) is 80.2 Å². The molecule has 9 rings (SSSR count). The maximum absolute atomic E-state index is 13.7. The largest absolute Gasteiger partial charge is 0.464 e. The van der Waals surface area contributed by atoms with Gasteiger partial charge < -0.3 is 24.5 Å². The third-order valence-corrected chi connectivity index (χ3v) is 14.4. The Morgan fingerprint density at radius 2 is 1.79 bits per heavy atom. The van der Waals surface area contributed by atoms with Crippen LogP contribution in [-0.2, 0) is 36.8 Å². The van der Waals surface area contributed by atoms with E-state index in [0.29, 0.717) is 49.9 Å². The van der Waals surface area contributed by atoms with Crippen molar-refractivity contribution in [3.05, 3.63) is 57.7 Å². The van der Waals surface area contributed by atoms with Crippen LogP contribution in [0.15, 0.2) is 35.8 Å². The Bertz CT molecular complexity index is 2180. The highest BCUT2D eigenvalue weighted by atomic mass is 32.1. The van der Waals surface area contributed by atoms with Gasteiger partial charge in [0.2, 0.25) is 0 Å². The number of benzene rings is 1. The van der Waals surface area contributed by atoms with Gasteiger partial charge in [0.1, 0.15) is 6.04 Å². The molecule has 0 radical (unpaired) electrons. The smallest absolute Gasteiger partial charge is 0.324 e. The number of hydrogen-bond acceptors (Lipinski definition) is 11. The van der Waals surface area contributed by atoms with Gasteiger partial charge in [-0.2, -0.15) is 0 Å². The number of fused-ring (bicyclic) bond motifs is 8. The highest BCUT2D eigenvalue weighted by molar-refractivity contribution is 7.10. The van der Waals surface area contributed by atoms with Crippen LogP contribution in [-0.4, -0.2) is 106 Å². The summed E-state index contributed by atoms with van der Waals surface area (Å²) in [6, 6.07) is 8.97. The first kappa shape index (κ1) is 39.7. The number of cyclic esters (lactones) is 1. The number of pyridine rings is 1. The number of rotatable bonds is 5. The van der Waals surface area contributed by atoms with Crippen LogP contribution in [0.1, 0.15) is 107 Å². The molecule has 0 spiro atoms. The van der Waals surface area contributed by atoms with E-state index in [0.717, 1.165) is 78.7 Å². The highest BCUT2D eigenvalue weighted by Crippen LogP contribution is 2.45. The molecule has 4 fully saturated rings. The van der Waals surface area contributed by atoms with E-state index in [4.69, 9.17) is 29.9 Å². The predicted molar refractivity (Wildman–Crippen MR) is 226 cm³/mol. The standard InChI is InChI=1S/C45H59N7O5S/c1-7-50-38-11-10-27-15-33(38)35(17-45(5,6)24-57-44(54)36-9-8-12-51(49-36)43(53)39(46)26(4)42-48-37(27)23-58-42)41(50)34-16-29(18-47-40(34)25(2)3)28-13-30-19-55-20-31(14-28)52(30)32-21-56-22-32/h10-11,15-16,18,23,25-26,28,30-32,36,39,49H,7-9,12-14,17,19-22,24,46H2,1-6H3/t26-,28-,30+,31-,36-,39-/m0/s1. The number of carbonyl (C=O) groups is 2. The van der Waals surface area contributed by atoms with Crippen molar-refractivity contribution in [2.75, 3.05) is 39.6 Å². The zero-order valence-electron chi connectivity index (χ0n) is 34.8. The first-order chi connectivity index (χ1) is 27.9. The number of thiazole rings is 1. The van der Waals surface area contributed by atoms with E-state index in [9.17, 15) is 9.59 Å². The number of ether oxygens (including phenoxy) is 3.